The summed E-state index contributed by atoms with van der Waals surface area (Å²) in [5.41, 5.74) is 6.49. The van der Waals surface area contributed by atoms with Crippen molar-refractivity contribution >= 4 is 18.2 Å². The van der Waals surface area contributed by atoms with Crippen LogP contribution in [0.1, 0.15) is 31.4 Å². The van der Waals surface area contributed by atoms with Crippen LogP contribution >= 0.6 is 12.4 Å². The standard InChI is InChI=1S/C11H15NO2.ClH/c1-2-3-10(14)11(12)8-4-6-9(13)7-5-8;/h4-7,11,13H,2-3,12H2,1H3;1H. The second-order valence-corrected chi connectivity index (χ2v) is 3.29. The molecule has 0 saturated carbocycles. The minimum atomic E-state index is -0.560. The van der Waals surface area contributed by atoms with Crippen molar-refractivity contribution in [2.45, 2.75) is 25.8 Å². The Kier molecular flexibility index (Phi) is 5.97. The molecule has 3 N–H and O–H groups in total. The number of phenolic OH excluding ortho intramolecular Hbond substituents is 1. The molecule has 0 aromatic heterocycles. The van der Waals surface area contributed by atoms with Gasteiger partial charge in [-0.3, -0.25) is 4.79 Å². The Balaban J connectivity index is 0.00000196. The molecule has 0 aliphatic heterocycles. The normalized spacial score (nSPS) is 11.6. The maximum Gasteiger partial charge on any atom is 0.154 e. The molecule has 3 nitrogen and oxygen atoms in total. The zero-order chi connectivity index (χ0) is 10.6. The summed E-state index contributed by atoms with van der Waals surface area (Å²) in [6.45, 7) is 1.95. The van der Waals surface area contributed by atoms with Crippen molar-refractivity contribution in [1.29, 1.82) is 0 Å². The van der Waals surface area contributed by atoms with Gasteiger partial charge in [-0.15, -0.1) is 12.4 Å². The van der Waals surface area contributed by atoms with Gasteiger partial charge in [0.15, 0.2) is 5.78 Å². The third kappa shape index (κ3) is 3.90. The van der Waals surface area contributed by atoms with E-state index in [1.54, 1.807) is 12.1 Å². The quantitative estimate of drug-likeness (QED) is 0.832. The molecular weight excluding hydrogens is 214 g/mol. The Morgan fingerprint density at radius 2 is 1.93 bits per heavy atom. The highest BCUT2D eigenvalue weighted by atomic mass is 35.5. The first-order valence-electron chi connectivity index (χ1n) is 4.72. The number of carbonyl (C=O) groups is 1. The fraction of sp³-hybridized carbons (Fsp3) is 0.364. The fourth-order valence-electron chi connectivity index (χ4n) is 1.27. The van der Waals surface area contributed by atoms with E-state index in [0.29, 0.717) is 6.42 Å². The Labute approximate surface area is 95.7 Å². The van der Waals surface area contributed by atoms with Crippen molar-refractivity contribution < 1.29 is 9.90 Å². The molecule has 1 rings (SSSR count). The summed E-state index contributed by atoms with van der Waals surface area (Å²) >= 11 is 0. The molecule has 84 valence electrons. The summed E-state index contributed by atoms with van der Waals surface area (Å²) in [5.74, 6) is 0.224. The van der Waals surface area contributed by atoms with Gasteiger partial charge in [0, 0.05) is 6.42 Å². The minimum Gasteiger partial charge on any atom is -0.508 e. The van der Waals surface area contributed by atoms with E-state index < -0.39 is 6.04 Å². The Bertz CT molecular complexity index is 311. The molecule has 0 radical (unpaired) electrons. The van der Waals surface area contributed by atoms with Crippen molar-refractivity contribution in [2.24, 2.45) is 5.73 Å². The van der Waals surface area contributed by atoms with Gasteiger partial charge < -0.3 is 10.8 Å². The van der Waals surface area contributed by atoms with Crippen molar-refractivity contribution in [3.8, 4) is 5.75 Å². The smallest absolute Gasteiger partial charge is 0.154 e. The van der Waals surface area contributed by atoms with E-state index in [0.717, 1.165) is 12.0 Å². The SMILES string of the molecule is CCCC(=O)C(N)c1ccc(O)cc1.Cl. The van der Waals surface area contributed by atoms with Gasteiger partial charge in [-0.25, -0.2) is 0 Å². The average Bonchev–Trinajstić information content (AvgIpc) is 2.18. The van der Waals surface area contributed by atoms with E-state index in [1.165, 1.54) is 12.1 Å². The number of nitrogens with two attached hydrogens (primary N) is 1. The van der Waals surface area contributed by atoms with Gasteiger partial charge in [0.25, 0.3) is 0 Å². The highest BCUT2D eigenvalue weighted by molar-refractivity contribution is 5.85. The Hall–Kier alpha value is -1.06. The molecule has 1 atom stereocenters. The molecule has 1 unspecified atom stereocenters. The predicted molar refractivity (Wildman–Crippen MR) is 62.2 cm³/mol. The minimum absolute atomic E-state index is 0. The first-order valence-corrected chi connectivity index (χ1v) is 4.72. The van der Waals surface area contributed by atoms with Gasteiger partial charge in [0.2, 0.25) is 0 Å². The number of carbonyl (C=O) groups excluding carboxylic acids is 1. The van der Waals surface area contributed by atoms with Crippen LogP contribution in [0.25, 0.3) is 0 Å². The van der Waals surface area contributed by atoms with Crippen LogP contribution in [0.15, 0.2) is 24.3 Å². The summed E-state index contributed by atoms with van der Waals surface area (Å²) in [7, 11) is 0. The monoisotopic (exact) mass is 229 g/mol. The molecule has 0 fully saturated rings. The van der Waals surface area contributed by atoms with Crippen LogP contribution in [0.3, 0.4) is 0 Å². The van der Waals surface area contributed by atoms with Gasteiger partial charge in [-0.1, -0.05) is 19.1 Å². The highest BCUT2D eigenvalue weighted by Gasteiger charge is 2.13. The average molecular weight is 230 g/mol. The number of benzene rings is 1. The molecule has 0 aliphatic carbocycles. The van der Waals surface area contributed by atoms with Crippen LogP contribution in [0.2, 0.25) is 0 Å². The molecule has 0 bridgehead atoms. The van der Waals surface area contributed by atoms with E-state index in [2.05, 4.69) is 0 Å². The number of ketones is 1. The number of hydrogen-bond donors (Lipinski definition) is 2. The maximum atomic E-state index is 11.4. The molecule has 15 heavy (non-hydrogen) atoms. The maximum absolute atomic E-state index is 11.4. The van der Waals surface area contributed by atoms with Gasteiger partial charge in [-0.2, -0.15) is 0 Å². The zero-order valence-electron chi connectivity index (χ0n) is 8.64. The fourth-order valence-corrected chi connectivity index (χ4v) is 1.27. The lowest BCUT2D eigenvalue weighted by Crippen LogP contribution is -2.20. The van der Waals surface area contributed by atoms with Gasteiger partial charge in [-0.05, 0) is 24.1 Å². The summed E-state index contributed by atoms with van der Waals surface area (Å²) in [4.78, 5) is 11.4. The van der Waals surface area contributed by atoms with Crippen LogP contribution in [-0.2, 0) is 4.79 Å². The van der Waals surface area contributed by atoms with Gasteiger partial charge in [0.1, 0.15) is 5.75 Å². The molecule has 0 saturated heterocycles. The Morgan fingerprint density at radius 3 is 2.40 bits per heavy atom. The summed E-state index contributed by atoms with van der Waals surface area (Å²) in [5, 5.41) is 9.05. The zero-order valence-corrected chi connectivity index (χ0v) is 9.46. The number of phenols is 1. The number of hydrogen-bond acceptors (Lipinski definition) is 3. The van der Waals surface area contributed by atoms with Crippen LogP contribution < -0.4 is 5.73 Å². The lowest BCUT2D eigenvalue weighted by atomic mass is 10.0. The number of Topliss-reactive ketones (excluding diaryl/α,β-unsaturated/α-hetero) is 1. The molecule has 1 aromatic rings. The van der Waals surface area contributed by atoms with Gasteiger partial charge in [0.05, 0.1) is 6.04 Å². The van der Waals surface area contributed by atoms with Crippen LogP contribution in [0.4, 0.5) is 0 Å². The van der Waals surface area contributed by atoms with E-state index in [1.807, 2.05) is 6.92 Å². The molecule has 0 spiro atoms. The van der Waals surface area contributed by atoms with E-state index in [9.17, 15) is 4.79 Å². The molecule has 0 heterocycles. The number of rotatable bonds is 4. The van der Waals surface area contributed by atoms with Crippen LogP contribution in [0, 0.1) is 0 Å². The summed E-state index contributed by atoms with van der Waals surface area (Å²) < 4.78 is 0. The molecule has 0 aliphatic rings. The second-order valence-electron chi connectivity index (χ2n) is 3.29. The second kappa shape index (κ2) is 6.43. The lowest BCUT2D eigenvalue weighted by Gasteiger charge is -2.09. The van der Waals surface area contributed by atoms with E-state index >= 15 is 0 Å². The first-order chi connectivity index (χ1) is 6.65. The number of halogens is 1. The topological polar surface area (TPSA) is 63.3 Å². The lowest BCUT2D eigenvalue weighted by molar-refractivity contribution is -0.120. The van der Waals surface area contributed by atoms with Crippen molar-refractivity contribution in [3.05, 3.63) is 29.8 Å². The largest absolute Gasteiger partial charge is 0.508 e. The van der Waals surface area contributed by atoms with Crippen molar-refractivity contribution in [3.63, 3.8) is 0 Å². The van der Waals surface area contributed by atoms with Gasteiger partial charge >= 0.3 is 0 Å². The first kappa shape index (κ1) is 13.9. The summed E-state index contributed by atoms with van der Waals surface area (Å²) in [6.07, 6.45) is 1.31. The molecule has 4 heteroatoms. The van der Waals surface area contributed by atoms with Crippen LogP contribution in [0.5, 0.6) is 5.75 Å². The molecule has 0 amide bonds. The molecule has 1 aromatic carbocycles. The number of aromatic hydroxyl groups is 1. The van der Waals surface area contributed by atoms with E-state index in [-0.39, 0.29) is 23.9 Å². The van der Waals surface area contributed by atoms with Crippen molar-refractivity contribution in [1.82, 2.24) is 0 Å². The predicted octanol–water partition coefficient (Wildman–Crippen LogP) is 2.18. The van der Waals surface area contributed by atoms with Crippen molar-refractivity contribution in [2.75, 3.05) is 0 Å². The van der Waals surface area contributed by atoms with Crippen LogP contribution in [-0.4, -0.2) is 10.9 Å². The third-order valence-corrected chi connectivity index (χ3v) is 2.10. The Morgan fingerprint density at radius 1 is 1.40 bits per heavy atom. The van der Waals surface area contributed by atoms with E-state index in [4.69, 9.17) is 10.8 Å². The highest BCUT2D eigenvalue weighted by Crippen LogP contribution is 2.17. The summed E-state index contributed by atoms with van der Waals surface area (Å²) in [6, 6.07) is 5.86. The third-order valence-electron chi connectivity index (χ3n) is 2.10. The molecular formula is C11H16ClNO2.